The van der Waals surface area contributed by atoms with Gasteiger partial charge in [0.25, 0.3) is 5.91 Å². The van der Waals surface area contributed by atoms with Crippen molar-refractivity contribution in [2.75, 3.05) is 6.61 Å². The molecule has 1 fully saturated rings. The van der Waals surface area contributed by atoms with E-state index in [0.717, 1.165) is 37.9 Å². The number of hydrogen-bond acceptors (Lipinski definition) is 3. The molecule has 0 unspecified atom stereocenters. The quantitative estimate of drug-likeness (QED) is 0.840. The predicted octanol–water partition coefficient (Wildman–Crippen LogP) is 1.88. The molecule has 0 spiro atoms. The van der Waals surface area contributed by atoms with Crippen LogP contribution in [0.15, 0.2) is 16.5 Å². The van der Waals surface area contributed by atoms with Gasteiger partial charge in [-0.3, -0.25) is 4.79 Å². The van der Waals surface area contributed by atoms with Gasteiger partial charge in [-0.25, -0.2) is 0 Å². The van der Waals surface area contributed by atoms with Crippen LogP contribution in [0.4, 0.5) is 0 Å². The van der Waals surface area contributed by atoms with E-state index in [0.29, 0.717) is 5.76 Å². The monoisotopic (exact) mass is 237 g/mol. The third-order valence-corrected chi connectivity index (χ3v) is 3.48. The summed E-state index contributed by atoms with van der Waals surface area (Å²) in [7, 11) is 0. The number of aliphatic hydroxyl groups excluding tert-OH is 1. The number of aryl methyl sites for hydroxylation is 1. The lowest BCUT2D eigenvalue weighted by Crippen LogP contribution is -2.49. The molecule has 1 aliphatic carbocycles. The van der Waals surface area contributed by atoms with Gasteiger partial charge in [-0.1, -0.05) is 19.8 Å². The summed E-state index contributed by atoms with van der Waals surface area (Å²) in [6.07, 6.45) is 4.57. The number of furan rings is 1. The number of aliphatic hydroxyl groups is 1. The summed E-state index contributed by atoms with van der Waals surface area (Å²) >= 11 is 0. The van der Waals surface area contributed by atoms with Gasteiger partial charge in [0.1, 0.15) is 5.76 Å². The van der Waals surface area contributed by atoms with Gasteiger partial charge in [0.05, 0.1) is 12.1 Å². The fraction of sp³-hybridized carbons (Fsp3) is 0.615. The summed E-state index contributed by atoms with van der Waals surface area (Å²) in [6.45, 7) is 1.98. The molecule has 4 heteroatoms. The minimum absolute atomic E-state index is 0.0000828. The SMILES string of the molecule is CCc1ccc(C(=O)NC2(CO)CCCC2)o1. The molecule has 2 N–H and O–H groups in total. The zero-order valence-corrected chi connectivity index (χ0v) is 10.2. The minimum atomic E-state index is -0.434. The van der Waals surface area contributed by atoms with Crippen molar-refractivity contribution in [3.63, 3.8) is 0 Å². The van der Waals surface area contributed by atoms with Crippen molar-refractivity contribution in [3.8, 4) is 0 Å². The Morgan fingerprint density at radius 1 is 1.47 bits per heavy atom. The maximum Gasteiger partial charge on any atom is 0.287 e. The van der Waals surface area contributed by atoms with Crippen LogP contribution in [0.5, 0.6) is 0 Å². The number of hydrogen-bond donors (Lipinski definition) is 2. The molecule has 1 aromatic rings. The second-order valence-electron chi connectivity index (χ2n) is 4.72. The molecular weight excluding hydrogens is 218 g/mol. The first-order chi connectivity index (χ1) is 8.19. The molecule has 1 aromatic heterocycles. The van der Waals surface area contributed by atoms with Crippen LogP contribution in [0.2, 0.25) is 0 Å². The molecule has 1 heterocycles. The summed E-state index contributed by atoms with van der Waals surface area (Å²) in [4.78, 5) is 12.0. The Hall–Kier alpha value is -1.29. The summed E-state index contributed by atoms with van der Waals surface area (Å²) in [5.41, 5.74) is -0.434. The van der Waals surface area contributed by atoms with E-state index in [4.69, 9.17) is 4.42 Å². The first kappa shape index (κ1) is 12.2. The Bertz CT molecular complexity index is 391. The molecule has 1 saturated carbocycles. The molecule has 4 nitrogen and oxygen atoms in total. The number of nitrogens with one attached hydrogen (secondary N) is 1. The van der Waals surface area contributed by atoms with E-state index in [1.54, 1.807) is 6.07 Å². The summed E-state index contributed by atoms with van der Waals surface area (Å²) in [5.74, 6) is 0.918. The smallest absolute Gasteiger partial charge is 0.287 e. The van der Waals surface area contributed by atoms with Crippen molar-refractivity contribution < 1.29 is 14.3 Å². The molecule has 0 saturated heterocycles. The van der Waals surface area contributed by atoms with E-state index >= 15 is 0 Å². The summed E-state index contributed by atoms with van der Waals surface area (Å²) in [5, 5.41) is 12.3. The van der Waals surface area contributed by atoms with Crippen molar-refractivity contribution >= 4 is 5.91 Å². The van der Waals surface area contributed by atoms with Crippen LogP contribution in [0.3, 0.4) is 0 Å². The fourth-order valence-electron chi connectivity index (χ4n) is 2.37. The Labute approximate surface area is 101 Å². The first-order valence-electron chi connectivity index (χ1n) is 6.21. The van der Waals surface area contributed by atoms with Gasteiger partial charge in [0, 0.05) is 6.42 Å². The van der Waals surface area contributed by atoms with E-state index in [-0.39, 0.29) is 12.5 Å². The third-order valence-electron chi connectivity index (χ3n) is 3.48. The predicted molar refractivity (Wildman–Crippen MR) is 63.8 cm³/mol. The van der Waals surface area contributed by atoms with Crippen LogP contribution in [0, 0.1) is 0 Å². The highest BCUT2D eigenvalue weighted by Gasteiger charge is 2.35. The van der Waals surface area contributed by atoms with Gasteiger partial charge in [0.15, 0.2) is 5.76 Å². The van der Waals surface area contributed by atoms with Crippen molar-refractivity contribution in [2.24, 2.45) is 0 Å². The average Bonchev–Trinajstić information content (AvgIpc) is 2.97. The number of carbonyl (C=O) groups excluding carboxylic acids is 1. The zero-order chi connectivity index (χ0) is 12.3. The second-order valence-corrected chi connectivity index (χ2v) is 4.72. The number of carbonyl (C=O) groups is 1. The lowest BCUT2D eigenvalue weighted by molar-refractivity contribution is 0.0809. The topological polar surface area (TPSA) is 62.5 Å². The fourth-order valence-corrected chi connectivity index (χ4v) is 2.37. The van der Waals surface area contributed by atoms with Gasteiger partial charge in [-0.05, 0) is 25.0 Å². The third kappa shape index (κ3) is 2.52. The normalized spacial score (nSPS) is 18.2. The van der Waals surface area contributed by atoms with Gasteiger partial charge in [0.2, 0.25) is 0 Å². The van der Waals surface area contributed by atoms with Crippen LogP contribution in [0.25, 0.3) is 0 Å². The standard InChI is InChI=1S/C13H19NO3/c1-2-10-5-6-11(17-10)12(16)14-13(9-15)7-3-4-8-13/h5-6,15H,2-4,7-9H2,1H3,(H,14,16). The van der Waals surface area contributed by atoms with E-state index in [2.05, 4.69) is 5.32 Å². The largest absolute Gasteiger partial charge is 0.456 e. The molecule has 0 radical (unpaired) electrons. The first-order valence-corrected chi connectivity index (χ1v) is 6.21. The highest BCUT2D eigenvalue weighted by molar-refractivity contribution is 5.92. The van der Waals surface area contributed by atoms with Crippen LogP contribution < -0.4 is 5.32 Å². The van der Waals surface area contributed by atoms with Gasteiger partial charge in [-0.2, -0.15) is 0 Å². The zero-order valence-electron chi connectivity index (χ0n) is 10.2. The lowest BCUT2D eigenvalue weighted by atomic mass is 9.99. The van der Waals surface area contributed by atoms with E-state index in [1.807, 2.05) is 13.0 Å². The molecule has 0 aliphatic heterocycles. The molecule has 1 amide bonds. The molecule has 17 heavy (non-hydrogen) atoms. The maximum absolute atomic E-state index is 12.0. The van der Waals surface area contributed by atoms with Crippen molar-refractivity contribution in [2.45, 2.75) is 44.6 Å². The van der Waals surface area contributed by atoms with E-state index in [1.165, 1.54) is 0 Å². The molecular formula is C13H19NO3. The van der Waals surface area contributed by atoms with Gasteiger partial charge >= 0.3 is 0 Å². The van der Waals surface area contributed by atoms with Crippen LogP contribution in [0.1, 0.15) is 48.9 Å². The molecule has 94 valence electrons. The number of rotatable bonds is 4. The van der Waals surface area contributed by atoms with Crippen LogP contribution in [-0.4, -0.2) is 23.2 Å². The van der Waals surface area contributed by atoms with Gasteiger partial charge in [-0.15, -0.1) is 0 Å². The maximum atomic E-state index is 12.0. The second kappa shape index (κ2) is 4.92. The Morgan fingerprint density at radius 2 is 2.18 bits per heavy atom. The van der Waals surface area contributed by atoms with E-state index < -0.39 is 5.54 Å². The molecule has 0 aromatic carbocycles. The summed E-state index contributed by atoms with van der Waals surface area (Å²) < 4.78 is 5.40. The number of amides is 1. The Kier molecular flexibility index (Phi) is 3.52. The highest BCUT2D eigenvalue weighted by atomic mass is 16.3. The van der Waals surface area contributed by atoms with Crippen molar-refractivity contribution in [1.29, 1.82) is 0 Å². The molecule has 2 rings (SSSR count). The highest BCUT2D eigenvalue weighted by Crippen LogP contribution is 2.29. The molecule has 0 atom stereocenters. The van der Waals surface area contributed by atoms with Crippen LogP contribution in [-0.2, 0) is 6.42 Å². The van der Waals surface area contributed by atoms with Crippen LogP contribution >= 0.6 is 0 Å². The lowest BCUT2D eigenvalue weighted by Gasteiger charge is -2.27. The Morgan fingerprint density at radius 3 is 2.71 bits per heavy atom. The molecule has 1 aliphatic rings. The molecule has 0 bridgehead atoms. The average molecular weight is 237 g/mol. The minimum Gasteiger partial charge on any atom is -0.456 e. The van der Waals surface area contributed by atoms with Crippen molar-refractivity contribution in [3.05, 3.63) is 23.7 Å². The van der Waals surface area contributed by atoms with Crippen molar-refractivity contribution in [1.82, 2.24) is 5.32 Å². The van der Waals surface area contributed by atoms with E-state index in [9.17, 15) is 9.90 Å². The van der Waals surface area contributed by atoms with Gasteiger partial charge < -0.3 is 14.8 Å². The summed E-state index contributed by atoms with van der Waals surface area (Å²) in [6, 6.07) is 3.50. The Balaban J connectivity index is 2.05.